The molecule has 10 nitrogen and oxygen atoms in total. The summed E-state index contributed by atoms with van der Waals surface area (Å²) in [7, 11) is 0. The molecule has 0 saturated carbocycles. The van der Waals surface area contributed by atoms with Crippen LogP contribution in [0.1, 0.15) is 0 Å². The minimum atomic E-state index is -1.56. The number of benzene rings is 2. The van der Waals surface area contributed by atoms with Crippen molar-refractivity contribution in [3.63, 3.8) is 0 Å². The van der Waals surface area contributed by atoms with Gasteiger partial charge in [0, 0.05) is 17.7 Å². The summed E-state index contributed by atoms with van der Waals surface area (Å²) in [6, 6.07) is 7.85. The molecule has 4 rings (SSSR count). The average molecular weight is 418 g/mol. The molecule has 0 aliphatic carbocycles. The van der Waals surface area contributed by atoms with Gasteiger partial charge in [-0.05, 0) is 24.3 Å². The molecule has 0 spiro atoms. The van der Waals surface area contributed by atoms with Crippen LogP contribution in [0.5, 0.6) is 23.0 Å². The van der Waals surface area contributed by atoms with E-state index in [1.54, 1.807) is 0 Å². The third-order valence-corrected chi connectivity index (χ3v) is 4.76. The number of hydrogen-bond donors (Lipinski definition) is 6. The van der Waals surface area contributed by atoms with Crippen molar-refractivity contribution in [3.05, 3.63) is 46.6 Å². The van der Waals surface area contributed by atoms with Gasteiger partial charge in [0.25, 0.3) is 0 Å². The molecular formula is C20H18O10. The summed E-state index contributed by atoms with van der Waals surface area (Å²) in [4.78, 5) is 12.6. The molecule has 3 aromatic rings. The quantitative estimate of drug-likeness (QED) is 0.350. The maximum Gasteiger partial charge on any atom is 0.238 e. The average Bonchev–Trinajstić information content (AvgIpc) is 2.71. The maximum absolute atomic E-state index is 12.6. The number of fused-ring (bicyclic) bond motifs is 1. The van der Waals surface area contributed by atoms with Crippen LogP contribution < -0.4 is 10.2 Å². The SMILES string of the molecule is O=c1c(O)c(-c2ccc(O)cc2)oc2cc(O[C@@H]3OC[C@@H](O)[C@H](O)C3O)cc(O)c12. The Morgan fingerprint density at radius 1 is 0.967 bits per heavy atom. The van der Waals surface area contributed by atoms with Gasteiger partial charge in [0.05, 0.1) is 6.61 Å². The van der Waals surface area contributed by atoms with Crippen molar-refractivity contribution in [2.45, 2.75) is 24.6 Å². The Kier molecular flexibility index (Phi) is 5.00. The van der Waals surface area contributed by atoms with Crippen LogP contribution in [0.2, 0.25) is 0 Å². The molecule has 1 fully saturated rings. The second-order valence-electron chi connectivity index (χ2n) is 6.84. The van der Waals surface area contributed by atoms with Gasteiger partial charge in [-0.2, -0.15) is 0 Å². The first-order chi connectivity index (χ1) is 14.3. The predicted octanol–water partition coefficient (Wildman–Crippen LogP) is 0.395. The van der Waals surface area contributed by atoms with E-state index in [1.165, 1.54) is 30.3 Å². The first kappa shape index (κ1) is 20.0. The summed E-state index contributed by atoms with van der Waals surface area (Å²) in [5.74, 6) is -1.53. The van der Waals surface area contributed by atoms with E-state index in [0.29, 0.717) is 5.56 Å². The van der Waals surface area contributed by atoms with Gasteiger partial charge < -0.3 is 44.5 Å². The largest absolute Gasteiger partial charge is 0.508 e. The van der Waals surface area contributed by atoms with Crippen molar-refractivity contribution in [1.29, 1.82) is 0 Å². The maximum atomic E-state index is 12.6. The van der Waals surface area contributed by atoms with E-state index in [0.717, 1.165) is 6.07 Å². The summed E-state index contributed by atoms with van der Waals surface area (Å²) in [5.41, 5.74) is -0.698. The van der Waals surface area contributed by atoms with Crippen LogP contribution in [0.3, 0.4) is 0 Å². The van der Waals surface area contributed by atoms with Crippen molar-refractivity contribution >= 4 is 11.0 Å². The van der Waals surface area contributed by atoms with Crippen LogP contribution in [0.15, 0.2) is 45.6 Å². The second kappa shape index (κ2) is 7.50. The highest BCUT2D eigenvalue weighted by atomic mass is 16.7. The van der Waals surface area contributed by atoms with Gasteiger partial charge in [-0.1, -0.05) is 0 Å². The van der Waals surface area contributed by atoms with Gasteiger partial charge in [0.15, 0.2) is 5.76 Å². The molecule has 2 heterocycles. The Hall–Kier alpha value is -3.31. The number of phenolic OH excluding ortho intramolecular Hbond substituents is 2. The van der Waals surface area contributed by atoms with E-state index in [4.69, 9.17) is 13.9 Å². The molecule has 6 N–H and O–H groups in total. The minimum absolute atomic E-state index is 0.0203. The summed E-state index contributed by atoms with van der Waals surface area (Å²) < 4.78 is 16.2. The molecule has 158 valence electrons. The Bertz CT molecular complexity index is 1140. The first-order valence-electron chi connectivity index (χ1n) is 8.91. The normalized spacial score (nSPS) is 24.1. The van der Waals surface area contributed by atoms with Gasteiger partial charge >= 0.3 is 0 Å². The molecule has 0 amide bonds. The standard InChI is InChI=1S/C20H18O10/c21-9-3-1-8(2-4-9)19-17(26)16(25)14-11(22)5-10(6-13(14)30-19)29-20-18(27)15(24)12(23)7-28-20/h1-6,12,15,18,20-24,26-27H,7H2/t12-,15+,18?,20+/m1/s1. The number of rotatable bonds is 3. The molecule has 30 heavy (non-hydrogen) atoms. The third-order valence-electron chi connectivity index (χ3n) is 4.76. The van der Waals surface area contributed by atoms with Crippen molar-refractivity contribution in [1.82, 2.24) is 0 Å². The topological polar surface area (TPSA) is 170 Å². The highest BCUT2D eigenvalue weighted by Crippen LogP contribution is 2.36. The summed E-state index contributed by atoms with van der Waals surface area (Å²) in [6.45, 7) is -0.281. The minimum Gasteiger partial charge on any atom is -0.508 e. The molecule has 2 aromatic carbocycles. The fourth-order valence-electron chi connectivity index (χ4n) is 3.16. The summed E-state index contributed by atoms with van der Waals surface area (Å²) in [6.07, 6.45) is -5.68. The van der Waals surface area contributed by atoms with Crippen molar-refractivity contribution in [2.24, 2.45) is 0 Å². The molecule has 0 bridgehead atoms. The van der Waals surface area contributed by atoms with Crippen molar-refractivity contribution in [2.75, 3.05) is 6.61 Å². The Labute approximate surface area is 168 Å². The lowest BCUT2D eigenvalue weighted by Crippen LogP contribution is -2.54. The van der Waals surface area contributed by atoms with E-state index in [1.807, 2.05) is 0 Å². The number of phenols is 2. The van der Waals surface area contributed by atoms with Gasteiger partial charge in [0.1, 0.15) is 46.5 Å². The molecule has 1 aliphatic rings. The Balaban J connectivity index is 1.76. The van der Waals surface area contributed by atoms with Crippen LogP contribution in [-0.4, -0.2) is 61.8 Å². The smallest absolute Gasteiger partial charge is 0.238 e. The number of aliphatic hydroxyl groups excluding tert-OH is 3. The van der Waals surface area contributed by atoms with Crippen molar-refractivity contribution < 1.29 is 44.5 Å². The van der Waals surface area contributed by atoms with Gasteiger partial charge in [-0.3, -0.25) is 4.79 Å². The zero-order valence-electron chi connectivity index (χ0n) is 15.3. The van der Waals surface area contributed by atoms with Crippen LogP contribution in [-0.2, 0) is 4.74 Å². The molecule has 4 atom stereocenters. The number of ether oxygens (including phenoxy) is 2. The van der Waals surface area contributed by atoms with Crippen molar-refractivity contribution in [3.8, 4) is 34.3 Å². The van der Waals surface area contributed by atoms with E-state index in [-0.39, 0.29) is 34.8 Å². The van der Waals surface area contributed by atoms with E-state index < -0.39 is 41.5 Å². The molecule has 1 unspecified atom stereocenters. The number of hydrogen-bond acceptors (Lipinski definition) is 10. The molecule has 1 aliphatic heterocycles. The lowest BCUT2D eigenvalue weighted by atomic mass is 10.1. The van der Waals surface area contributed by atoms with Gasteiger partial charge in [-0.25, -0.2) is 0 Å². The Morgan fingerprint density at radius 2 is 1.67 bits per heavy atom. The van der Waals surface area contributed by atoms with E-state index >= 15 is 0 Å². The summed E-state index contributed by atoms with van der Waals surface area (Å²) in [5, 5.41) is 58.9. The molecule has 1 saturated heterocycles. The highest BCUT2D eigenvalue weighted by Gasteiger charge is 2.39. The van der Waals surface area contributed by atoms with Gasteiger partial charge in [-0.15, -0.1) is 0 Å². The molecular weight excluding hydrogens is 400 g/mol. The number of aromatic hydroxyl groups is 3. The number of aliphatic hydroxyl groups is 3. The second-order valence-corrected chi connectivity index (χ2v) is 6.84. The molecule has 1 aromatic heterocycles. The predicted molar refractivity (Wildman–Crippen MR) is 101 cm³/mol. The molecule has 10 heteroatoms. The third kappa shape index (κ3) is 3.42. The Morgan fingerprint density at radius 3 is 2.37 bits per heavy atom. The van der Waals surface area contributed by atoms with Gasteiger partial charge in [0.2, 0.25) is 17.5 Å². The van der Waals surface area contributed by atoms with E-state index in [2.05, 4.69) is 0 Å². The zero-order valence-corrected chi connectivity index (χ0v) is 15.3. The monoisotopic (exact) mass is 418 g/mol. The van der Waals surface area contributed by atoms with Crippen LogP contribution in [0, 0.1) is 0 Å². The fourth-order valence-corrected chi connectivity index (χ4v) is 3.16. The fraction of sp³-hybridized carbons (Fsp3) is 0.250. The van der Waals surface area contributed by atoms with Crippen LogP contribution in [0.25, 0.3) is 22.3 Å². The van der Waals surface area contributed by atoms with Crippen LogP contribution in [0.4, 0.5) is 0 Å². The lowest BCUT2D eigenvalue weighted by molar-refractivity contribution is -0.242. The van der Waals surface area contributed by atoms with Crippen LogP contribution >= 0.6 is 0 Å². The van der Waals surface area contributed by atoms with E-state index in [9.17, 15) is 35.4 Å². The zero-order chi connectivity index (χ0) is 21.6. The molecule has 0 radical (unpaired) electrons. The first-order valence-corrected chi connectivity index (χ1v) is 8.91. The highest BCUT2D eigenvalue weighted by molar-refractivity contribution is 5.88. The lowest BCUT2D eigenvalue weighted by Gasteiger charge is -2.34. The summed E-state index contributed by atoms with van der Waals surface area (Å²) >= 11 is 0.